The van der Waals surface area contributed by atoms with E-state index in [2.05, 4.69) is 10.2 Å². The standard InChI is InChI=1S/C11H12N2O3/c1-6(2)16-7-3-4-8-9(5-7)11(15)13-12-10(8)14/h3-6H,1-2H3,(H,12,14)(H,13,15). The molecule has 1 aromatic carbocycles. The maximum atomic E-state index is 11.5. The summed E-state index contributed by atoms with van der Waals surface area (Å²) in [6.45, 7) is 3.79. The fourth-order valence-corrected chi connectivity index (χ4v) is 1.50. The number of rotatable bonds is 2. The lowest BCUT2D eigenvalue weighted by Crippen LogP contribution is -2.19. The Labute approximate surface area is 91.1 Å². The van der Waals surface area contributed by atoms with Gasteiger partial charge in [-0.15, -0.1) is 0 Å². The molecular formula is C11H12N2O3. The summed E-state index contributed by atoms with van der Waals surface area (Å²) < 4.78 is 5.45. The van der Waals surface area contributed by atoms with Crippen molar-refractivity contribution in [2.75, 3.05) is 0 Å². The van der Waals surface area contributed by atoms with Crippen LogP contribution in [-0.2, 0) is 0 Å². The number of nitrogens with one attached hydrogen (secondary N) is 2. The van der Waals surface area contributed by atoms with E-state index >= 15 is 0 Å². The van der Waals surface area contributed by atoms with Crippen molar-refractivity contribution in [2.45, 2.75) is 20.0 Å². The maximum absolute atomic E-state index is 11.5. The third-order valence-electron chi connectivity index (χ3n) is 2.14. The van der Waals surface area contributed by atoms with Gasteiger partial charge in [0.25, 0.3) is 11.1 Å². The van der Waals surface area contributed by atoms with Crippen molar-refractivity contribution in [3.8, 4) is 5.75 Å². The topological polar surface area (TPSA) is 75.0 Å². The Morgan fingerprint density at radius 1 is 1.06 bits per heavy atom. The normalized spacial score (nSPS) is 10.9. The van der Waals surface area contributed by atoms with Gasteiger partial charge in [-0.25, -0.2) is 0 Å². The number of hydrogen-bond acceptors (Lipinski definition) is 3. The molecule has 0 aliphatic rings. The Kier molecular flexibility index (Phi) is 2.52. The molecule has 0 amide bonds. The summed E-state index contributed by atoms with van der Waals surface area (Å²) in [4.78, 5) is 22.9. The van der Waals surface area contributed by atoms with Crippen LogP contribution in [0, 0.1) is 0 Å². The quantitative estimate of drug-likeness (QED) is 0.792. The first-order valence-corrected chi connectivity index (χ1v) is 4.99. The zero-order chi connectivity index (χ0) is 11.7. The van der Waals surface area contributed by atoms with E-state index in [9.17, 15) is 9.59 Å². The number of hydrogen-bond donors (Lipinski definition) is 2. The molecule has 5 nitrogen and oxygen atoms in total. The van der Waals surface area contributed by atoms with Gasteiger partial charge in [-0.1, -0.05) is 0 Å². The zero-order valence-electron chi connectivity index (χ0n) is 9.03. The van der Waals surface area contributed by atoms with E-state index in [0.29, 0.717) is 16.5 Å². The second-order valence-corrected chi connectivity index (χ2v) is 3.78. The smallest absolute Gasteiger partial charge is 0.270 e. The molecule has 0 saturated heterocycles. The first kappa shape index (κ1) is 10.5. The summed E-state index contributed by atoms with van der Waals surface area (Å²) in [5.41, 5.74) is -0.644. The Hall–Kier alpha value is -2.04. The summed E-state index contributed by atoms with van der Waals surface area (Å²) in [5.74, 6) is 0.582. The van der Waals surface area contributed by atoms with Crippen LogP contribution in [0.4, 0.5) is 0 Å². The van der Waals surface area contributed by atoms with Gasteiger partial charge in [0.15, 0.2) is 0 Å². The van der Waals surface area contributed by atoms with Gasteiger partial charge in [-0.3, -0.25) is 19.8 Å². The van der Waals surface area contributed by atoms with Gasteiger partial charge in [0, 0.05) is 0 Å². The molecule has 0 radical (unpaired) electrons. The van der Waals surface area contributed by atoms with Crippen LogP contribution >= 0.6 is 0 Å². The lowest BCUT2D eigenvalue weighted by molar-refractivity contribution is 0.243. The highest BCUT2D eigenvalue weighted by Crippen LogP contribution is 2.16. The molecule has 0 fully saturated rings. The molecule has 0 unspecified atom stereocenters. The van der Waals surface area contributed by atoms with Gasteiger partial charge < -0.3 is 4.74 Å². The molecule has 0 aliphatic heterocycles. The molecule has 0 atom stereocenters. The number of aromatic nitrogens is 2. The van der Waals surface area contributed by atoms with Crippen molar-refractivity contribution < 1.29 is 4.74 Å². The van der Waals surface area contributed by atoms with Crippen LogP contribution in [0.15, 0.2) is 27.8 Å². The van der Waals surface area contributed by atoms with Crippen molar-refractivity contribution >= 4 is 10.8 Å². The molecule has 0 aliphatic carbocycles. The minimum absolute atomic E-state index is 0.0264. The van der Waals surface area contributed by atoms with Crippen molar-refractivity contribution in [1.29, 1.82) is 0 Å². The maximum Gasteiger partial charge on any atom is 0.270 e. The molecule has 2 rings (SSSR count). The van der Waals surface area contributed by atoms with E-state index in [-0.39, 0.29) is 17.2 Å². The highest BCUT2D eigenvalue weighted by atomic mass is 16.5. The molecule has 84 valence electrons. The lowest BCUT2D eigenvalue weighted by atomic mass is 10.2. The van der Waals surface area contributed by atoms with Gasteiger partial charge in [0.2, 0.25) is 0 Å². The van der Waals surface area contributed by atoms with Crippen LogP contribution in [0.3, 0.4) is 0 Å². The lowest BCUT2D eigenvalue weighted by Gasteiger charge is -2.09. The summed E-state index contributed by atoms with van der Waals surface area (Å²) in [6, 6.07) is 4.83. The number of H-pyrrole nitrogens is 2. The van der Waals surface area contributed by atoms with Gasteiger partial charge in [-0.05, 0) is 32.0 Å². The first-order valence-electron chi connectivity index (χ1n) is 4.99. The molecule has 0 bridgehead atoms. The van der Waals surface area contributed by atoms with Gasteiger partial charge >= 0.3 is 0 Å². The Balaban J connectivity index is 2.66. The monoisotopic (exact) mass is 220 g/mol. The Bertz CT molecular complexity index is 625. The van der Waals surface area contributed by atoms with Crippen LogP contribution in [-0.4, -0.2) is 16.3 Å². The van der Waals surface area contributed by atoms with E-state index in [1.165, 1.54) is 0 Å². The van der Waals surface area contributed by atoms with Crippen molar-refractivity contribution in [1.82, 2.24) is 10.2 Å². The van der Waals surface area contributed by atoms with Gasteiger partial charge in [0.05, 0.1) is 16.9 Å². The van der Waals surface area contributed by atoms with Crippen LogP contribution in [0.5, 0.6) is 5.75 Å². The highest BCUT2D eigenvalue weighted by molar-refractivity contribution is 5.81. The van der Waals surface area contributed by atoms with E-state index in [1.807, 2.05) is 13.8 Å². The molecule has 2 N–H and O–H groups in total. The van der Waals surface area contributed by atoms with Crippen molar-refractivity contribution in [2.24, 2.45) is 0 Å². The van der Waals surface area contributed by atoms with Crippen LogP contribution in [0.2, 0.25) is 0 Å². The Morgan fingerprint density at radius 3 is 2.31 bits per heavy atom. The van der Waals surface area contributed by atoms with Crippen LogP contribution in [0.25, 0.3) is 10.8 Å². The van der Waals surface area contributed by atoms with E-state index in [4.69, 9.17) is 4.74 Å². The predicted octanol–water partition coefficient (Wildman–Crippen LogP) is 1.00. The average Bonchev–Trinajstić information content (AvgIpc) is 2.23. The summed E-state index contributed by atoms with van der Waals surface area (Å²) in [7, 11) is 0. The molecule has 1 heterocycles. The summed E-state index contributed by atoms with van der Waals surface area (Å²) in [6.07, 6.45) is 0.0264. The van der Waals surface area contributed by atoms with Crippen LogP contribution < -0.4 is 15.9 Å². The molecule has 2 aromatic rings. The highest BCUT2D eigenvalue weighted by Gasteiger charge is 2.05. The zero-order valence-corrected chi connectivity index (χ0v) is 9.03. The van der Waals surface area contributed by atoms with E-state index in [0.717, 1.165) is 0 Å². The number of fused-ring (bicyclic) bond motifs is 1. The fourth-order valence-electron chi connectivity index (χ4n) is 1.50. The molecular weight excluding hydrogens is 208 g/mol. The molecule has 16 heavy (non-hydrogen) atoms. The predicted molar refractivity (Wildman–Crippen MR) is 61.0 cm³/mol. The third-order valence-corrected chi connectivity index (χ3v) is 2.14. The third kappa shape index (κ3) is 1.84. The fraction of sp³-hybridized carbons (Fsp3) is 0.273. The number of aromatic amines is 2. The van der Waals surface area contributed by atoms with Crippen molar-refractivity contribution in [3.05, 3.63) is 38.9 Å². The van der Waals surface area contributed by atoms with Gasteiger partial charge in [-0.2, -0.15) is 0 Å². The van der Waals surface area contributed by atoms with Crippen molar-refractivity contribution in [3.63, 3.8) is 0 Å². The van der Waals surface area contributed by atoms with Gasteiger partial charge in [0.1, 0.15) is 5.75 Å². The van der Waals surface area contributed by atoms with E-state index < -0.39 is 0 Å². The summed E-state index contributed by atoms with van der Waals surface area (Å²) >= 11 is 0. The Morgan fingerprint density at radius 2 is 1.69 bits per heavy atom. The number of benzene rings is 1. The molecule has 5 heteroatoms. The van der Waals surface area contributed by atoms with E-state index in [1.54, 1.807) is 18.2 Å². The SMILES string of the molecule is CC(C)Oc1ccc2c(=O)[nH][nH]c(=O)c2c1. The second kappa shape index (κ2) is 3.84. The largest absolute Gasteiger partial charge is 0.491 e. The first-order chi connectivity index (χ1) is 7.58. The molecule has 0 saturated carbocycles. The minimum Gasteiger partial charge on any atom is -0.491 e. The second-order valence-electron chi connectivity index (χ2n) is 3.78. The summed E-state index contributed by atoms with van der Waals surface area (Å²) in [5, 5.41) is 5.24. The average molecular weight is 220 g/mol. The minimum atomic E-state index is -0.330. The molecule has 0 spiro atoms. The molecule has 1 aromatic heterocycles. The van der Waals surface area contributed by atoms with Crippen LogP contribution in [0.1, 0.15) is 13.8 Å². The number of ether oxygens (including phenoxy) is 1.